The number of hydrogen-bond acceptors (Lipinski definition) is 6. The third-order valence-electron chi connectivity index (χ3n) is 4.58. The first-order valence-electron chi connectivity index (χ1n) is 9.92. The molecule has 2 N–H and O–H groups in total. The zero-order chi connectivity index (χ0) is 22.6. The molecule has 8 heteroatoms. The fourth-order valence-electron chi connectivity index (χ4n) is 3.06. The molecule has 4 aromatic rings. The summed E-state index contributed by atoms with van der Waals surface area (Å²) in [6, 6.07) is 22.5. The van der Waals surface area contributed by atoms with Crippen LogP contribution >= 0.6 is 0 Å². The molecule has 0 spiro atoms. The van der Waals surface area contributed by atoms with Crippen molar-refractivity contribution < 1.29 is 13.2 Å². The first-order chi connectivity index (χ1) is 15.4. The van der Waals surface area contributed by atoms with Crippen LogP contribution in [-0.2, 0) is 10.0 Å². The molecule has 0 atom stereocenters. The van der Waals surface area contributed by atoms with E-state index in [9.17, 15) is 8.42 Å². The number of nitrogens with zero attached hydrogens (tertiary/aromatic N) is 2. The van der Waals surface area contributed by atoms with Gasteiger partial charge in [-0.05, 0) is 62.4 Å². The molecule has 0 fully saturated rings. The lowest BCUT2D eigenvalue weighted by atomic mass is 10.3. The van der Waals surface area contributed by atoms with Gasteiger partial charge in [0, 0.05) is 29.3 Å². The number of nitrogens with one attached hydrogen (secondary N) is 2. The summed E-state index contributed by atoms with van der Waals surface area (Å²) in [5.74, 6) is 1.77. The van der Waals surface area contributed by atoms with Crippen LogP contribution in [0.1, 0.15) is 11.4 Å². The predicted octanol–water partition coefficient (Wildman–Crippen LogP) is 5.43. The predicted molar refractivity (Wildman–Crippen MR) is 125 cm³/mol. The first kappa shape index (κ1) is 21.3. The van der Waals surface area contributed by atoms with Crippen LogP contribution in [0.3, 0.4) is 0 Å². The van der Waals surface area contributed by atoms with Crippen molar-refractivity contribution >= 4 is 27.2 Å². The molecule has 2 aromatic heterocycles. The number of hydrogen-bond donors (Lipinski definition) is 2. The second-order valence-corrected chi connectivity index (χ2v) is 8.82. The molecule has 2 heterocycles. The average molecular weight is 447 g/mol. The third-order valence-corrected chi connectivity index (χ3v) is 5.96. The van der Waals surface area contributed by atoms with Gasteiger partial charge in [0.15, 0.2) is 0 Å². The molecule has 0 aliphatic heterocycles. The molecule has 0 aliphatic carbocycles. The van der Waals surface area contributed by atoms with Gasteiger partial charge in [0.25, 0.3) is 10.0 Å². The van der Waals surface area contributed by atoms with E-state index in [1.54, 1.807) is 60.8 Å². The standard InChI is InChI=1S/C24H22N4O3S/c1-17-11-12-23(18(2)26-17)31-21-13-14-25-24(16-21)27-20-9-6-10-22(15-20)32(29,30)28-19-7-4-3-5-8-19/h3-16,28H,1-2H3,(H,25,27). The lowest BCUT2D eigenvalue weighted by Crippen LogP contribution is -2.13. The second kappa shape index (κ2) is 9.07. The Labute approximate surface area is 187 Å². The van der Waals surface area contributed by atoms with Crippen LogP contribution in [-0.4, -0.2) is 18.4 Å². The summed E-state index contributed by atoms with van der Waals surface area (Å²) in [7, 11) is -3.73. The van der Waals surface area contributed by atoms with E-state index >= 15 is 0 Å². The molecule has 0 saturated heterocycles. The van der Waals surface area contributed by atoms with Gasteiger partial charge < -0.3 is 10.1 Å². The van der Waals surface area contributed by atoms with Gasteiger partial charge in [-0.2, -0.15) is 0 Å². The maximum atomic E-state index is 12.7. The Morgan fingerprint density at radius 1 is 0.844 bits per heavy atom. The van der Waals surface area contributed by atoms with E-state index in [0.29, 0.717) is 28.7 Å². The van der Waals surface area contributed by atoms with Crippen molar-refractivity contribution in [3.05, 3.63) is 96.4 Å². The molecule has 0 amide bonds. The van der Waals surface area contributed by atoms with E-state index in [0.717, 1.165) is 11.4 Å². The quantitative estimate of drug-likeness (QED) is 0.393. The van der Waals surface area contributed by atoms with Crippen LogP contribution in [0.2, 0.25) is 0 Å². The van der Waals surface area contributed by atoms with Crippen molar-refractivity contribution in [3.8, 4) is 11.5 Å². The summed E-state index contributed by atoms with van der Waals surface area (Å²) in [5, 5.41) is 3.13. The smallest absolute Gasteiger partial charge is 0.261 e. The van der Waals surface area contributed by atoms with E-state index in [1.807, 2.05) is 32.0 Å². The minimum Gasteiger partial charge on any atom is -0.455 e. The molecule has 0 bridgehead atoms. The SMILES string of the molecule is Cc1ccc(Oc2ccnc(Nc3cccc(S(=O)(=O)Nc4ccccc4)c3)c2)c(C)n1. The summed E-state index contributed by atoms with van der Waals surface area (Å²) in [6.07, 6.45) is 1.62. The Hall–Kier alpha value is -3.91. The highest BCUT2D eigenvalue weighted by atomic mass is 32.2. The molecule has 0 radical (unpaired) electrons. The number of sulfonamides is 1. The molecular formula is C24H22N4O3S. The van der Waals surface area contributed by atoms with Crippen LogP contribution in [0.15, 0.2) is 90.0 Å². The van der Waals surface area contributed by atoms with Gasteiger partial charge in [-0.1, -0.05) is 24.3 Å². The Bertz CT molecular complexity index is 1340. The second-order valence-electron chi connectivity index (χ2n) is 7.14. The lowest BCUT2D eigenvalue weighted by molar-refractivity contribution is 0.475. The summed E-state index contributed by atoms with van der Waals surface area (Å²) >= 11 is 0. The highest BCUT2D eigenvalue weighted by molar-refractivity contribution is 7.92. The molecule has 0 unspecified atom stereocenters. The highest BCUT2D eigenvalue weighted by Crippen LogP contribution is 2.27. The summed E-state index contributed by atoms with van der Waals surface area (Å²) in [6.45, 7) is 3.81. The molecule has 2 aromatic carbocycles. The van der Waals surface area contributed by atoms with Crippen molar-refractivity contribution in [2.24, 2.45) is 0 Å². The van der Waals surface area contributed by atoms with Crippen LogP contribution in [0.25, 0.3) is 0 Å². The van der Waals surface area contributed by atoms with E-state index in [2.05, 4.69) is 20.0 Å². The first-order valence-corrected chi connectivity index (χ1v) is 11.4. The number of aryl methyl sites for hydroxylation is 2. The van der Waals surface area contributed by atoms with Gasteiger partial charge in [-0.25, -0.2) is 13.4 Å². The molecule has 0 saturated carbocycles. The molecule has 4 rings (SSSR count). The Kier molecular flexibility index (Phi) is 6.04. The maximum Gasteiger partial charge on any atom is 0.261 e. The number of rotatable bonds is 7. The van der Waals surface area contributed by atoms with Gasteiger partial charge >= 0.3 is 0 Å². The highest BCUT2D eigenvalue weighted by Gasteiger charge is 2.15. The van der Waals surface area contributed by atoms with E-state index in [4.69, 9.17) is 4.74 Å². The van der Waals surface area contributed by atoms with Gasteiger partial charge in [-0.3, -0.25) is 9.71 Å². The summed E-state index contributed by atoms with van der Waals surface area (Å²) < 4.78 is 34.0. The monoisotopic (exact) mass is 446 g/mol. The fraction of sp³-hybridized carbons (Fsp3) is 0.0833. The number of para-hydroxylation sites is 1. The topological polar surface area (TPSA) is 93.2 Å². The van der Waals surface area contributed by atoms with Crippen molar-refractivity contribution in [1.29, 1.82) is 0 Å². The van der Waals surface area contributed by atoms with Crippen molar-refractivity contribution in [2.45, 2.75) is 18.7 Å². The molecule has 0 aliphatic rings. The minimum atomic E-state index is -3.73. The van der Waals surface area contributed by atoms with Gasteiger partial charge in [0.2, 0.25) is 0 Å². The summed E-state index contributed by atoms with van der Waals surface area (Å²) in [5.41, 5.74) is 2.79. The van der Waals surface area contributed by atoms with Crippen LogP contribution in [0.5, 0.6) is 11.5 Å². The van der Waals surface area contributed by atoms with E-state index in [1.165, 1.54) is 6.07 Å². The van der Waals surface area contributed by atoms with Crippen molar-refractivity contribution in [3.63, 3.8) is 0 Å². The number of pyridine rings is 2. The van der Waals surface area contributed by atoms with Crippen LogP contribution in [0, 0.1) is 13.8 Å². The summed E-state index contributed by atoms with van der Waals surface area (Å²) in [4.78, 5) is 8.84. The molecular weight excluding hydrogens is 424 g/mol. The van der Waals surface area contributed by atoms with Crippen molar-refractivity contribution in [2.75, 3.05) is 10.0 Å². The van der Waals surface area contributed by atoms with E-state index < -0.39 is 10.0 Å². The van der Waals surface area contributed by atoms with E-state index in [-0.39, 0.29) is 4.90 Å². The average Bonchev–Trinajstić information content (AvgIpc) is 2.77. The number of anilines is 3. The number of ether oxygens (including phenoxy) is 1. The lowest BCUT2D eigenvalue weighted by Gasteiger charge is -2.12. The Balaban J connectivity index is 1.52. The molecule has 32 heavy (non-hydrogen) atoms. The largest absolute Gasteiger partial charge is 0.455 e. The Morgan fingerprint density at radius 2 is 1.62 bits per heavy atom. The fourth-order valence-corrected chi connectivity index (χ4v) is 4.16. The Morgan fingerprint density at radius 3 is 2.41 bits per heavy atom. The third kappa shape index (κ3) is 5.22. The number of benzene rings is 2. The minimum absolute atomic E-state index is 0.139. The van der Waals surface area contributed by atoms with Crippen LogP contribution < -0.4 is 14.8 Å². The van der Waals surface area contributed by atoms with Crippen LogP contribution in [0.4, 0.5) is 17.2 Å². The zero-order valence-corrected chi connectivity index (χ0v) is 18.4. The van der Waals surface area contributed by atoms with Gasteiger partial charge in [0.05, 0.1) is 10.6 Å². The maximum absolute atomic E-state index is 12.7. The van der Waals surface area contributed by atoms with Gasteiger partial charge in [0.1, 0.15) is 17.3 Å². The normalized spacial score (nSPS) is 11.1. The van der Waals surface area contributed by atoms with Crippen molar-refractivity contribution in [1.82, 2.24) is 9.97 Å². The number of aromatic nitrogens is 2. The molecule has 7 nitrogen and oxygen atoms in total. The zero-order valence-electron chi connectivity index (χ0n) is 17.6. The molecule has 162 valence electrons. The van der Waals surface area contributed by atoms with Gasteiger partial charge in [-0.15, -0.1) is 0 Å².